The van der Waals surface area contributed by atoms with Gasteiger partial charge in [0, 0.05) is 29.4 Å². The van der Waals surface area contributed by atoms with E-state index in [0.717, 1.165) is 33.4 Å². The van der Waals surface area contributed by atoms with Crippen LogP contribution in [0.2, 0.25) is 0 Å². The van der Waals surface area contributed by atoms with Crippen LogP contribution in [-0.2, 0) is 0 Å². The predicted molar refractivity (Wildman–Crippen MR) is 97.3 cm³/mol. The topological polar surface area (TPSA) is 60.8 Å². The third kappa shape index (κ3) is 2.92. The number of hydrogen-bond acceptors (Lipinski definition) is 5. The molecule has 0 atom stereocenters. The molecule has 4 aromatic rings. The summed E-state index contributed by atoms with van der Waals surface area (Å²) in [6, 6.07) is 15.7. The van der Waals surface area contributed by atoms with Crippen molar-refractivity contribution >= 4 is 10.9 Å². The lowest BCUT2D eigenvalue weighted by molar-refractivity contribution is 0.398. The zero-order valence-corrected chi connectivity index (χ0v) is 14.0. The van der Waals surface area contributed by atoms with Gasteiger partial charge in [0.05, 0.1) is 18.3 Å². The van der Waals surface area contributed by atoms with Crippen LogP contribution in [0.5, 0.6) is 5.88 Å². The molecule has 0 fully saturated rings. The quantitative estimate of drug-likeness (QED) is 0.567. The van der Waals surface area contributed by atoms with Crippen LogP contribution in [0.1, 0.15) is 5.56 Å². The maximum absolute atomic E-state index is 5.12. The standard InChI is InChI=1S/C20H16N4O/c1-13-7-9-17(20-22-11-14-5-3-4-6-16(14)24-20)23-19(13)15-8-10-18(25-2)21-12-15/h3-12H,1-2H3. The molecule has 1 aromatic carbocycles. The molecule has 0 aliphatic carbocycles. The Hall–Kier alpha value is -3.34. The van der Waals surface area contributed by atoms with E-state index >= 15 is 0 Å². The minimum Gasteiger partial charge on any atom is -0.481 e. The van der Waals surface area contributed by atoms with E-state index in [1.165, 1.54) is 0 Å². The predicted octanol–water partition coefficient (Wildman–Crippen LogP) is 4.07. The number of aryl methyl sites for hydroxylation is 1. The Kier molecular flexibility index (Phi) is 3.82. The van der Waals surface area contributed by atoms with Crippen molar-refractivity contribution in [2.24, 2.45) is 0 Å². The smallest absolute Gasteiger partial charge is 0.212 e. The summed E-state index contributed by atoms with van der Waals surface area (Å²) in [7, 11) is 1.60. The number of hydrogen-bond donors (Lipinski definition) is 0. The molecular formula is C20H16N4O. The van der Waals surface area contributed by atoms with Crippen molar-refractivity contribution in [3.05, 3.63) is 66.5 Å². The van der Waals surface area contributed by atoms with Crippen LogP contribution in [-0.4, -0.2) is 27.0 Å². The lowest BCUT2D eigenvalue weighted by atomic mass is 10.1. The molecule has 0 amide bonds. The van der Waals surface area contributed by atoms with Gasteiger partial charge in [-0.1, -0.05) is 24.3 Å². The van der Waals surface area contributed by atoms with Crippen LogP contribution in [0.3, 0.4) is 0 Å². The Labute approximate surface area is 145 Å². The fourth-order valence-corrected chi connectivity index (χ4v) is 2.68. The zero-order valence-electron chi connectivity index (χ0n) is 14.0. The van der Waals surface area contributed by atoms with E-state index in [1.54, 1.807) is 13.3 Å². The summed E-state index contributed by atoms with van der Waals surface area (Å²) in [5, 5.41) is 1.01. The van der Waals surface area contributed by atoms with E-state index in [4.69, 9.17) is 9.72 Å². The van der Waals surface area contributed by atoms with Gasteiger partial charge in [0.25, 0.3) is 0 Å². The van der Waals surface area contributed by atoms with Crippen molar-refractivity contribution < 1.29 is 4.74 Å². The lowest BCUT2D eigenvalue weighted by Gasteiger charge is -2.08. The molecule has 0 bridgehead atoms. The normalized spacial score (nSPS) is 10.8. The maximum Gasteiger partial charge on any atom is 0.212 e. The first-order valence-corrected chi connectivity index (χ1v) is 7.95. The number of para-hydroxylation sites is 1. The highest BCUT2D eigenvalue weighted by Gasteiger charge is 2.10. The van der Waals surface area contributed by atoms with E-state index in [0.29, 0.717) is 11.7 Å². The average molecular weight is 328 g/mol. The molecule has 0 radical (unpaired) electrons. The number of ether oxygens (including phenoxy) is 1. The highest BCUT2D eigenvalue weighted by atomic mass is 16.5. The molecule has 0 N–H and O–H groups in total. The van der Waals surface area contributed by atoms with Crippen LogP contribution < -0.4 is 4.74 Å². The van der Waals surface area contributed by atoms with Crippen molar-refractivity contribution in [2.75, 3.05) is 7.11 Å². The zero-order chi connectivity index (χ0) is 17.2. The molecule has 25 heavy (non-hydrogen) atoms. The first-order valence-electron chi connectivity index (χ1n) is 7.95. The average Bonchev–Trinajstić information content (AvgIpc) is 2.68. The summed E-state index contributed by atoms with van der Waals surface area (Å²) in [4.78, 5) is 18.1. The summed E-state index contributed by atoms with van der Waals surface area (Å²) in [5.41, 5.74) is 4.51. The maximum atomic E-state index is 5.12. The molecule has 0 spiro atoms. The second-order valence-electron chi connectivity index (χ2n) is 5.70. The number of fused-ring (bicyclic) bond motifs is 1. The molecule has 0 aliphatic rings. The third-order valence-corrected chi connectivity index (χ3v) is 4.03. The van der Waals surface area contributed by atoms with Gasteiger partial charge in [-0.3, -0.25) is 0 Å². The largest absolute Gasteiger partial charge is 0.481 e. The Balaban J connectivity index is 1.79. The van der Waals surface area contributed by atoms with Crippen molar-refractivity contribution in [3.63, 3.8) is 0 Å². The minimum absolute atomic E-state index is 0.579. The number of pyridine rings is 2. The molecule has 3 heterocycles. The van der Waals surface area contributed by atoms with Crippen LogP contribution >= 0.6 is 0 Å². The molecule has 5 heteroatoms. The van der Waals surface area contributed by atoms with Gasteiger partial charge in [-0.25, -0.2) is 19.9 Å². The highest BCUT2D eigenvalue weighted by molar-refractivity contribution is 5.79. The molecule has 0 unspecified atom stereocenters. The molecular weight excluding hydrogens is 312 g/mol. The fourth-order valence-electron chi connectivity index (χ4n) is 2.68. The van der Waals surface area contributed by atoms with Crippen LogP contribution in [0.15, 0.2) is 60.9 Å². The van der Waals surface area contributed by atoms with Crippen molar-refractivity contribution in [1.82, 2.24) is 19.9 Å². The first-order chi connectivity index (χ1) is 12.2. The number of rotatable bonds is 3. The SMILES string of the molecule is COc1ccc(-c2nc(-c3ncc4ccccc4n3)ccc2C)cn1. The lowest BCUT2D eigenvalue weighted by Crippen LogP contribution is -1.96. The van der Waals surface area contributed by atoms with Gasteiger partial charge >= 0.3 is 0 Å². The van der Waals surface area contributed by atoms with Gasteiger partial charge < -0.3 is 4.74 Å². The van der Waals surface area contributed by atoms with E-state index in [2.05, 4.69) is 15.0 Å². The highest BCUT2D eigenvalue weighted by Crippen LogP contribution is 2.25. The van der Waals surface area contributed by atoms with Gasteiger partial charge in [0.1, 0.15) is 5.69 Å². The van der Waals surface area contributed by atoms with E-state index in [9.17, 15) is 0 Å². The Bertz CT molecular complexity index is 1040. The fraction of sp³-hybridized carbons (Fsp3) is 0.100. The Morgan fingerprint density at radius 3 is 2.52 bits per heavy atom. The van der Waals surface area contributed by atoms with Gasteiger partial charge in [-0.05, 0) is 30.7 Å². The summed E-state index contributed by atoms with van der Waals surface area (Å²) in [6.07, 6.45) is 3.59. The van der Waals surface area contributed by atoms with E-state index < -0.39 is 0 Å². The second-order valence-corrected chi connectivity index (χ2v) is 5.70. The third-order valence-electron chi connectivity index (χ3n) is 4.03. The Morgan fingerprint density at radius 2 is 1.72 bits per heavy atom. The summed E-state index contributed by atoms with van der Waals surface area (Å²) in [5.74, 6) is 1.19. The van der Waals surface area contributed by atoms with Gasteiger partial charge in [0.2, 0.25) is 5.88 Å². The van der Waals surface area contributed by atoms with E-state index in [-0.39, 0.29) is 0 Å². The van der Waals surface area contributed by atoms with Crippen molar-refractivity contribution in [2.45, 2.75) is 6.92 Å². The van der Waals surface area contributed by atoms with Crippen LogP contribution in [0, 0.1) is 6.92 Å². The molecule has 3 aromatic heterocycles. The van der Waals surface area contributed by atoms with E-state index in [1.807, 2.05) is 61.7 Å². The first kappa shape index (κ1) is 15.2. The monoisotopic (exact) mass is 328 g/mol. The second kappa shape index (κ2) is 6.28. The molecule has 0 aliphatic heterocycles. The number of nitrogens with zero attached hydrogens (tertiary/aromatic N) is 4. The molecule has 4 rings (SSSR count). The molecule has 122 valence electrons. The van der Waals surface area contributed by atoms with Crippen LogP contribution in [0.25, 0.3) is 33.7 Å². The summed E-state index contributed by atoms with van der Waals surface area (Å²) < 4.78 is 5.12. The number of benzene rings is 1. The van der Waals surface area contributed by atoms with Gasteiger partial charge in [-0.2, -0.15) is 0 Å². The Morgan fingerprint density at radius 1 is 0.840 bits per heavy atom. The van der Waals surface area contributed by atoms with Gasteiger partial charge in [0.15, 0.2) is 5.82 Å². The van der Waals surface area contributed by atoms with Crippen molar-refractivity contribution in [1.29, 1.82) is 0 Å². The molecule has 0 saturated heterocycles. The number of methoxy groups -OCH3 is 1. The number of aromatic nitrogens is 4. The minimum atomic E-state index is 0.579. The van der Waals surface area contributed by atoms with Gasteiger partial charge in [-0.15, -0.1) is 0 Å². The summed E-state index contributed by atoms with van der Waals surface area (Å²) >= 11 is 0. The van der Waals surface area contributed by atoms with Crippen molar-refractivity contribution in [3.8, 4) is 28.7 Å². The summed E-state index contributed by atoms with van der Waals surface area (Å²) in [6.45, 7) is 2.03. The van der Waals surface area contributed by atoms with Crippen LogP contribution in [0.4, 0.5) is 0 Å². The molecule has 5 nitrogen and oxygen atoms in total. The molecule has 0 saturated carbocycles.